The van der Waals surface area contributed by atoms with Gasteiger partial charge in [0.25, 0.3) is 5.91 Å². The van der Waals surface area contributed by atoms with Gasteiger partial charge >= 0.3 is 5.97 Å². The Morgan fingerprint density at radius 2 is 2.05 bits per heavy atom. The fourth-order valence-corrected chi connectivity index (χ4v) is 1.72. The second-order valence-electron chi connectivity index (χ2n) is 4.82. The maximum atomic E-state index is 11.9. The number of rotatable bonds is 6. The van der Waals surface area contributed by atoms with Gasteiger partial charge in [-0.15, -0.1) is 0 Å². The fraction of sp³-hybridized carbons (Fsp3) is 0.267. The maximum absolute atomic E-state index is 11.9. The van der Waals surface area contributed by atoms with Crippen molar-refractivity contribution in [3.63, 3.8) is 0 Å². The average molecular weight is 288 g/mol. The fourth-order valence-electron chi connectivity index (χ4n) is 1.72. The molecular formula is C15H16N2O4. The van der Waals surface area contributed by atoms with Crippen LogP contribution in [-0.2, 0) is 9.59 Å². The second-order valence-corrected chi connectivity index (χ2v) is 4.82. The van der Waals surface area contributed by atoms with E-state index in [4.69, 9.17) is 5.11 Å². The smallest absolute Gasteiger partial charge is 0.328 e. The van der Waals surface area contributed by atoms with Gasteiger partial charge in [-0.2, -0.15) is 0 Å². The topological polar surface area (TPSA) is 95.5 Å². The van der Waals surface area contributed by atoms with Gasteiger partial charge in [0.05, 0.1) is 6.54 Å². The quantitative estimate of drug-likeness (QED) is 0.674. The number of hydrogen-bond donors (Lipinski definition) is 3. The molecule has 1 aliphatic carbocycles. The van der Waals surface area contributed by atoms with E-state index in [2.05, 4.69) is 10.6 Å². The van der Waals surface area contributed by atoms with E-state index in [9.17, 15) is 14.4 Å². The zero-order valence-electron chi connectivity index (χ0n) is 11.3. The second kappa shape index (κ2) is 6.69. The van der Waals surface area contributed by atoms with Crippen molar-refractivity contribution in [2.24, 2.45) is 0 Å². The molecule has 2 amide bonds. The van der Waals surface area contributed by atoms with Crippen molar-refractivity contribution in [1.82, 2.24) is 10.6 Å². The SMILES string of the molecule is O=C(O)C=Cc1cccc(C(=O)NCC(=O)NC2CC2)c1. The summed E-state index contributed by atoms with van der Waals surface area (Å²) < 4.78 is 0. The highest BCUT2D eigenvalue weighted by Gasteiger charge is 2.23. The van der Waals surface area contributed by atoms with Crippen molar-refractivity contribution >= 4 is 23.9 Å². The number of benzene rings is 1. The molecule has 2 rings (SSSR count). The van der Waals surface area contributed by atoms with E-state index in [0.29, 0.717) is 11.1 Å². The molecule has 1 fully saturated rings. The molecule has 110 valence electrons. The molecule has 21 heavy (non-hydrogen) atoms. The van der Waals surface area contributed by atoms with E-state index in [1.54, 1.807) is 24.3 Å². The van der Waals surface area contributed by atoms with Crippen LogP contribution in [0.3, 0.4) is 0 Å². The van der Waals surface area contributed by atoms with Crippen molar-refractivity contribution in [2.75, 3.05) is 6.54 Å². The molecule has 0 aromatic heterocycles. The number of aliphatic carboxylic acids is 1. The average Bonchev–Trinajstić information content (AvgIpc) is 3.26. The van der Waals surface area contributed by atoms with Crippen LogP contribution in [-0.4, -0.2) is 35.5 Å². The first-order chi connectivity index (χ1) is 10.0. The van der Waals surface area contributed by atoms with Crippen LogP contribution in [0.1, 0.15) is 28.8 Å². The number of amides is 2. The summed E-state index contributed by atoms with van der Waals surface area (Å²) in [4.78, 5) is 33.8. The molecule has 0 bridgehead atoms. The van der Waals surface area contributed by atoms with E-state index in [0.717, 1.165) is 18.9 Å². The monoisotopic (exact) mass is 288 g/mol. The zero-order chi connectivity index (χ0) is 15.2. The Morgan fingerprint density at radius 1 is 1.29 bits per heavy atom. The van der Waals surface area contributed by atoms with E-state index < -0.39 is 5.97 Å². The summed E-state index contributed by atoms with van der Waals surface area (Å²) in [6, 6.07) is 6.77. The first kappa shape index (κ1) is 14.8. The van der Waals surface area contributed by atoms with Crippen molar-refractivity contribution < 1.29 is 19.5 Å². The predicted octanol–water partition coefficient (Wildman–Crippen LogP) is 0.793. The molecule has 0 atom stereocenters. The van der Waals surface area contributed by atoms with Crippen molar-refractivity contribution in [3.05, 3.63) is 41.5 Å². The van der Waals surface area contributed by atoms with E-state index in [1.165, 1.54) is 6.08 Å². The van der Waals surface area contributed by atoms with Gasteiger partial charge in [-0.05, 0) is 36.6 Å². The number of carboxylic acid groups (broad SMARTS) is 1. The number of carbonyl (C=O) groups excluding carboxylic acids is 2. The van der Waals surface area contributed by atoms with Gasteiger partial charge in [-0.1, -0.05) is 12.1 Å². The van der Waals surface area contributed by atoms with Crippen LogP contribution in [0, 0.1) is 0 Å². The Hall–Kier alpha value is -2.63. The molecular weight excluding hydrogens is 272 g/mol. The third-order valence-corrected chi connectivity index (χ3v) is 2.92. The molecule has 0 saturated heterocycles. The third kappa shape index (κ3) is 5.10. The zero-order valence-corrected chi connectivity index (χ0v) is 11.3. The maximum Gasteiger partial charge on any atom is 0.328 e. The van der Waals surface area contributed by atoms with Crippen LogP contribution >= 0.6 is 0 Å². The third-order valence-electron chi connectivity index (χ3n) is 2.92. The predicted molar refractivity (Wildman–Crippen MR) is 76.6 cm³/mol. The first-order valence-corrected chi connectivity index (χ1v) is 6.63. The van der Waals surface area contributed by atoms with Gasteiger partial charge < -0.3 is 15.7 Å². The Morgan fingerprint density at radius 3 is 2.71 bits per heavy atom. The van der Waals surface area contributed by atoms with Gasteiger partial charge in [0, 0.05) is 17.7 Å². The van der Waals surface area contributed by atoms with Gasteiger partial charge in [-0.25, -0.2) is 4.79 Å². The molecule has 0 aliphatic heterocycles. The van der Waals surface area contributed by atoms with Crippen LogP contribution in [0.5, 0.6) is 0 Å². The van der Waals surface area contributed by atoms with Gasteiger partial charge in [0.2, 0.25) is 5.91 Å². The van der Waals surface area contributed by atoms with Crippen LogP contribution in [0.4, 0.5) is 0 Å². The van der Waals surface area contributed by atoms with Crippen molar-refractivity contribution in [3.8, 4) is 0 Å². The molecule has 6 heteroatoms. The van der Waals surface area contributed by atoms with Gasteiger partial charge in [0.15, 0.2) is 0 Å². The lowest BCUT2D eigenvalue weighted by Gasteiger charge is -2.06. The molecule has 1 aliphatic rings. The number of carboxylic acids is 1. The Kier molecular flexibility index (Phi) is 4.71. The molecule has 0 heterocycles. The minimum atomic E-state index is -1.05. The molecule has 1 aromatic rings. The lowest BCUT2D eigenvalue weighted by atomic mass is 10.1. The molecule has 0 spiro atoms. The van der Waals surface area contributed by atoms with E-state index in [1.807, 2.05) is 0 Å². The number of nitrogens with one attached hydrogen (secondary N) is 2. The largest absolute Gasteiger partial charge is 0.478 e. The van der Waals surface area contributed by atoms with Crippen LogP contribution in [0.2, 0.25) is 0 Å². The number of hydrogen-bond acceptors (Lipinski definition) is 3. The molecule has 1 aromatic carbocycles. The van der Waals surface area contributed by atoms with Crippen molar-refractivity contribution in [1.29, 1.82) is 0 Å². The standard InChI is InChI=1S/C15H16N2O4/c18-13(17-12-5-6-12)9-16-15(21)11-3-1-2-10(8-11)4-7-14(19)20/h1-4,7-8,12H,5-6,9H2,(H,16,21)(H,17,18)(H,19,20). The Balaban J connectivity index is 1.90. The number of carbonyl (C=O) groups is 3. The highest BCUT2D eigenvalue weighted by Crippen LogP contribution is 2.18. The molecule has 1 saturated carbocycles. The summed E-state index contributed by atoms with van der Waals surface area (Å²) in [6.45, 7) is -0.0650. The van der Waals surface area contributed by atoms with Crippen LogP contribution in [0.25, 0.3) is 6.08 Å². The minimum absolute atomic E-state index is 0.0650. The van der Waals surface area contributed by atoms with Crippen LogP contribution in [0.15, 0.2) is 30.3 Å². The summed E-state index contributed by atoms with van der Waals surface area (Å²) >= 11 is 0. The highest BCUT2D eigenvalue weighted by molar-refractivity contribution is 5.97. The lowest BCUT2D eigenvalue weighted by molar-refractivity contribution is -0.131. The molecule has 6 nitrogen and oxygen atoms in total. The molecule has 0 radical (unpaired) electrons. The Labute approximate surface area is 121 Å². The first-order valence-electron chi connectivity index (χ1n) is 6.63. The summed E-state index contributed by atoms with van der Waals surface area (Å²) in [5.41, 5.74) is 0.981. The molecule has 0 unspecified atom stereocenters. The summed E-state index contributed by atoms with van der Waals surface area (Å²) in [7, 11) is 0. The van der Waals surface area contributed by atoms with E-state index in [-0.39, 0.29) is 24.4 Å². The summed E-state index contributed by atoms with van der Waals surface area (Å²) in [6.07, 6.45) is 4.40. The summed E-state index contributed by atoms with van der Waals surface area (Å²) in [5, 5.41) is 13.9. The van der Waals surface area contributed by atoms with Crippen LogP contribution < -0.4 is 10.6 Å². The van der Waals surface area contributed by atoms with E-state index >= 15 is 0 Å². The lowest BCUT2D eigenvalue weighted by Crippen LogP contribution is -2.37. The summed E-state index contributed by atoms with van der Waals surface area (Å²) in [5.74, 6) is -1.62. The van der Waals surface area contributed by atoms with Gasteiger partial charge in [0.1, 0.15) is 0 Å². The van der Waals surface area contributed by atoms with Gasteiger partial charge in [-0.3, -0.25) is 9.59 Å². The minimum Gasteiger partial charge on any atom is -0.478 e. The highest BCUT2D eigenvalue weighted by atomic mass is 16.4. The Bertz CT molecular complexity index is 591. The molecule has 3 N–H and O–H groups in total. The normalized spacial score (nSPS) is 13.9. The van der Waals surface area contributed by atoms with Crippen molar-refractivity contribution in [2.45, 2.75) is 18.9 Å².